The van der Waals surface area contributed by atoms with Gasteiger partial charge in [-0.2, -0.15) is 0 Å². The van der Waals surface area contributed by atoms with Gasteiger partial charge in [-0.1, -0.05) is 53.2 Å². The second kappa shape index (κ2) is 11.3. The molecular weight excluding hydrogens is 524 g/mol. The van der Waals surface area contributed by atoms with Gasteiger partial charge in [0, 0.05) is 34.4 Å². The summed E-state index contributed by atoms with van der Waals surface area (Å²) in [4.78, 5) is 51.6. The number of carbonyl (C=O) groups is 4. The molecule has 36 heavy (non-hydrogen) atoms. The van der Waals surface area contributed by atoms with Crippen LogP contribution in [0.1, 0.15) is 39.6 Å². The van der Waals surface area contributed by atoms with E-state index in [4.69, 9.17) is 4.74 Å². The van der Waals surface area contributed by atoms with Gasteiger partial charge in [0.05, 0.1) is 11.5 Å². The fourth-order valence-corrected chi connectivity index (χ4v) is 4.32. The van der Waals surface area contributed by atoms with Crippen LogP contribution >= 0.6 is 15.9 Å². The van der Waals surface area contributed by atoms with E-state index >= 15 is 0 Å². The molecule has 1 aliphatic rings. The van der Waals surface area contributed by atoms with Crippen molar-refractivity contribution in [3.8, 4) is 0 Å². The number of hydrogen-bond donors (Lipinski definition) is 1. The largest absolute Gasteiger partial charge is 0.454 e. The summed E-state index contributed by atoms with van der Waals surface area (Å²) in [5, 5.41) is 2.82. The molecule has 1 N–H and O–H groups in total. The lowest BCUT2D eigenvalue weighted by Gasteiger charge is -2.20. The SMILES string of the molecule is CCc1ccccc1N1C[C@H](C(=O)Nc2ccc(C(=O)OCC(=O)c3ccc(Br)cc3)cc2)CC1=O. The Morgan fingerprint density at radius 2 is 1.64 bits per heavy atom. The topological polar surface area (TPSA) is 92.8 Å². The third-order valence-electron chi connectivity index (χ3n) is 6.05. The number of ether oxygens (including phenoxy) is 1. The van der Waals surface area contributed by atoms with E-state index in [2.05, 4.69) is 21.2 Å². The van der Waals surface area contributed by atoms with Gasteiger partial charge < -0.3 is 15.0 Å². The molecule has 8 heteroatoms. The maximum Gasteiger partial charge on any atom is 0.338 e. The van der Waals surface area contributed by atoms with Gasteiger partial charge in [-0.15, -0.1) is 0 Å². The van der Waals surface area contributed by atoms with Gasteiger partial charge in [-0.05, 0) is 54.4 Å². The zero-order chi connectivity index (χ0) is 25.7. The summed E-state index contributed by atoms with van der Waals surface area (Å²) in [6, 6.07) is 20.7. The van der Waals surface area contributed by atoms with Gasteiger partial charge in [0.1, 0.15) is 0 Å². The molecular formula is C28H25BrN2O5. The van der Waals surface area contributed by atoms with Crippen molar-refractivity contribution in [2.24, 2.45) is 5.92 Å². The first-order valence-corrected chi connectivity index (χ1v) is 12.4. The van der Waals surface area contributed by atoms with Crippen LogP contribution in [0.5, 0.6) is 0 Å². The average molecular weight is 549 g/mol. The first-order chi connectivity index (χ1) is 17.4. The molecule has 184 valence electrons. The summed E-state index contributed by atoms with van der Waals surface area (Å²) < 4.78 is 5.98. The Labute approximate surface area is 217 Å². The quantitative estimate of drug-likeness (QED) is 0.314. The molecule has 1 fully saturated rings. The number of halogens is 1. The number of ketones is 1. The number of benzene rings is 3. The standard InChI is InChI=1S/C28H25BrN2O5/c1-2-18-5-3-4-6-24(18)31-16-21(15-26(31)33)27(34)30-23-13-9-20(10-14-23)28(35)36-17-25(32)19-7-11-22(29)12-8-19/h3-14,21H,2,15-17H2,1H3,(H,30,34)/t21-/m1/s1. The fourth-order valence-electron chi connectivity index (χ4n) is 4.06. The third-order valence-corrected chi connectivity index (χ3v) is 6.58. The van der Waals surface area contributed by atoms with E-state index in [1.165, 1.54) is 12.1 Å². The van der Waals surface area contributed by atoms with Gasteiger partial charge in [0.15, 0.2) is 12.4 Å². The molecule has 4 rings (SSSR count). The van der Waals surface area contributed by atoms with Crippen molar-refractivity contribution >= 4 is 50.9 Å². The van der Waals surface area contributed by atoms with Crippen molar-refractivity contribution in [2.45, 2.75) is 19.8 Å². The van der Waals surface area contributed by atoms with E-state index in [1.54, 1.807) is 41.3 Å². The highest BCUT2D eigenvalue weighted by Crippen LogP contribution is 2.29. The molecule has 7 nitrogen and oxygen atoms in total. The molecule has 0 aliphatic carbocycles. The molecule has 1 aliphatic heterocycles. The maximum atomic E-state index is 12.8. The summed E-state index contributed by atoms with van der Waals surface area (Å²) in [6.45, 7) is 1.98. The summed E-state index contributed by atoms with van der Waals surface area (Å²) >= 11 is 3.31. The van der Waals surface area contributed by atoms with Crippen LogP contribution in [-0.4, -0.2) is 36.7 Å². The van der Waals surface area contributed by atoms with Crippen LogP contribution in [0, 0.1) is 5.92 Å². The van der Waals surface area contributed by atoms with Crippen molar-refractivity contribution in [3.63, 3.8) is 0 Å². The lowest BCUT2D eigenvalue weighted by molar-refractivity contribution is -0.122. The van der Waals surface area contributed by atoms with Gasteiger partial charge in [-0.25, -0.2) is 4.79 Å². The molecule has 0 saturated carbocycles. The lowest BCUT2D eigenvalue weighted by atomic mass is 10.1. The molecule has 0 radical (unpaired) electrons. The van der Waals surface area contributed by atoms with Crippen LogP contribution < -0.4 is 10.2 Å². The van der Waals surface area contributed by atoms with Crippen molar-refractivity contribution in [1.82, 2.24) is 0 Å². The Morgan fingerprint density at radius 1 is 0.972 bits per heavy atom. The predicted molar refractivity (Wildman–Crippen MR) is 140 cm³/mol. The number of hydrogen-bond acceptors (Lipinski definition) is 5. The second-order valence-corrected chi connectivity index (χ2v) is 9.38. The molecule has 1 heterocycles. The highest BCUT2D eigenvalue weighted by molar-refractivity contribution is 9.10. The molecule has 0 unspecified atom stereocenters. The number of rotatable bonds is 8. The van der Waals surface area contributed by atoms with Crippen molar-refractivity contribution in [2.75, 3.05) is 23.4 Å². The normalized spacial score (nSPS) is 15.0. The van der Waals surface area contributed by atoms with Crippen LogP contribution in [0.15, 0.2) is 77.3 Å². The van der Waals surface area contributed by atoms with Crippen LogP contribution in [0.25, 0.3) is 0 Å². The summed E-state index contributed by atoms with van der Waals surface area (Å²) in [5.41, 5.74) is 3.12. The van der Waals surface area contributed by atoms with Gasteiger partial charge in [0.25, 0.3) is 0 Å². The molecule has 1 atom stereocenters. The number of nitrogens with one attached hydrogen (secondary N) is 1. The third kappa shape index (κ3) is 5.88. The number of Topliss-reactive ketones (excluding diaryl/α,β-unsaturated/α-hetero) is 1. The Balaban J connectivity index is 1.31. The molecule has 3 aromatic rings. The molecule has 0 bridgehead atoms. The van der Waals surface area contributed by atoms with E-state index in [0.717, 1.165) is 22.1 Å². The maximum absolute atomic E-state index is 12.8. The van der Waals surface area contributed by atoms with Crippen LogP contribution in [-0.2, 0) is 20.7 Å². The molecule has 2 amide bonds. The minimum absolute atomic E-state index is 0.0770. The zero-order valence-electron chi connectivity index (χ0n) is 19.7. The number of para-hydroxylation sites is 1. The summed E-state index contributed by atoms with van der Waals surface area (Å²) in [6.07, 6.45) is 0.935. The highest BCUT2D eigenvalue weighted by atomic mass is 79.9. The van der Waals surface area contributed by atoms with E-state index in [0.29, 0.717) is 17.8 Å². The number of carbonyl (C=O) groups excluding carboxylic acids is 4. The van der Waals surface area contributed by atoms with E-state index < -0.39 is 11.9 Å². The second-order valence-electron chi connectivity index (χ2n) is 8.46. The fraction of sp³-hybridized carbons (Fsp3) is 0.214. The van der Waals surface area contributed by atoms with Crippen molar-refractivity contribution in [3.05, 3.63) is 94.0 Å². The molecule has 0 aromatic heterocycles. The van der Waals surface area contributed by atoms with Gasteiger partial charge >= 0.3 is 5.97 Å². The molecule has 3 aromatic carbocycles. The number of anilines is 2. The van der Waals surface area contributed by atoms with Crippen LogP contribution in [0.3, 0.4) is 0 Å². The monoisotopic (exact) mass is 548 g/mol. The first kappa shape index (κ1) is 25.3. The van der Waals surface area contributed by atoms with Gasteiger partial charge in [-0.3, -0.25) is 14.4 Å². The van der Waals surface area contributed by atoms with Crippen LogP contribution in [0.4, 0.5) is 11.4 Å². The number of nitrogens with zero attached hydrogens (tertiary/aromatic N) is 1. The van der Waals surface area contributed by atoms with Crippen molar-refractivity contribution < 1.29 is 23.9 Å². The van der Waals surface area contributed by atoms with E-state index in [-0.39, 0.29) is 36.2 Å². The van der Waals surface area contributed by atoms with Crippen LogP contribution in [0.2, 0.25) is 0 Å². The average Bonchev–Trinajstić information content (AvgIpc) is 3.29. The summed E-state index contributed by atoms with van der Waals surface area (Å²) in [5.74, 6) is -1.75. The minimum atomic E-state index is -0.634. The van der Waals surface area contributed by atoms with E-state index in [9.17, 15) is 19.2 Å². The summed E-state index contributed by atoms with van der Waals surface area (Å²) in [7, 11) is 0. The Bertz CT molecular complexity index is 1290. The lowest BCUT2D eigenvalue weighted by Crippen LogP contribution is -2.28. The highest BCUT2D eigenvalue weighted by Gasteiger charge is 2.35. The van der Waals surface area contributed by atoms with Gasteiger partial charge in [0.2, 0.25) is 11.8 Å². The Kier molecular flexibility index (Phi) is 7.95. The minimum Gasteiger partial charge on any atom is -0.454 e. The smallest absolute Gasteiger partial charge is 0.338 e. The zero-order valence-corrected chi connectivity index (χ0v) is 21.3. The predicted octanol–water partition coefficient (Wildman–Crippen LogP) is 5.04. The number of esters is 1. The Hall–Kier alpha value is -3.78. The number of amides is 2. The molecule has 0 spiro atoms. The first-order valence-electron chi connectivity index (χ1n) is 11.6. The van der Waals surface area contributed by atoms with Crippen molar-refractivity contribution in [1.29, 1.82) is 0 Å². The number of aryl methyl sites for hydroxylation is 1. The molecule has 1 saturated heterocycles. The Morgan fingerprint density at radius 3 is 2.33 bits per heavy atom. The van der Waals surface area contributed by atoms with E-state index in [1.807, 2.05) is 31.2 Å².